The van der Waals surface area contributed by atoms with Gasteiger partial charge in [0.1, 0.15) is 11.2 Å². The topological polar surface area (TPSA) is 97.1 Å². The van der Waals surface area contributed by atoms with E-state index in [1.165, 1.54) is 17.5 Å². The first kappa shape index (κ1) is 18.6. The van der Waals surface area contributed by atoms with Gasteiger partial charge in [-0.15, -0.1) is 0 Å². The molecule has 0 aliphatic heterocycles. The molecule has 6 rings (SSSR count). The smallest absolute Gasteiger partial charge is 0.259 e. The third kappa shape index (κ3) is 2.84. The summed E-state index contributed by atoms with van der Waals surface area (Å²) in [5, 5.41) is 12.6. The first-order valence-corrected chi connectivity index (χ1v) is 10.6. The molecule has 0 atom stereocenters. The maximum absolute atomic E-state index is 13.0. The van der Waals surface area contributed by atoms with Gasteiger partial charge in [-0.05, 0) is 49.1 Å². The fourth-order valence-electron chi connectivity index (χ4n) is 4.54. The molecular weight excluding hydrogens is 404 g/mol. The monoisotopic (exact) mass is 424 g/mol. The average molecular weight is 424 g/mol. The Kier molecular flexibility index (Phi) is 4.17. The van der Waals surface area contributed by atoms with Gasteiger partial charge in [0.05, 0.1) is 35.0 Å². The second kappa shape index (κ2) is 7.19. The number of aromatic amines is 1. The van der Waals surface area contributed by atoms with E-state index in [4.69, 9.17) is 5.10 Å². The van der Waals surface area contributed by atoms with Gasteiger partial charge in [-0.3, -0.25) is 9.59 Å². The van der Waals surface area contributed by atoms with Gasteiger partial charge >= 0.3 is 0 Å². The molecule has 158 valence electrons. The van der Waals surface area contributed by atoms with Crippen molar-refractivity contribution >= 4 is 22.5 Å². The summed E-state index contributed by atoms with van der Waals surface area (Å²) in [6.07, 6.45) is 4.51. The molecule has 8 nitrogen and oxygen atoms in total. The molecule has 2 N–H and O–H groups in total. The highest BCUT2D eigenvalue weighted by molar-refractivity contribution is 6.00. The van der Waals surface area contributed by atoms with Crippen LogP contribution in [0.2, 0.25) is 0 Å². The number of amides is 1. The molecule has 0 fully saturated rings. The van der Waals surface area contributed by atoms with Crippen molar-refractivity contribution in [3.8, 4) is 5.69 Å². The lowest BCUT2D eigenvalue weighted by Gasteiger charge is -2.05. The summed E-state index contributed by atoms with van der Waals surface area (Å²) >= 11 is 0. The third-order valence-corrected chi connectivity index (χ3v) is 6.05. The van der Waals surface area contributed by atoms with Crippen molar-refractivity contribution in [1.82, 2.24) is 29.7 Å². The highest BCUT2D eigenvalue weighted by Gasteiger charge is 2.24. The van der Waals surface area contributed by atoms with Crippen LogP contribution < -0.4 is 10.9 Å². The maximum Gasteiger partial charge on any atom is 0.259 e. The number of hydrogen-bond donors (Lipinski definition) is 2. The predicted molar refractivity (Wildman–Crippen MR) is 120 cm³/mol. The van der Waals surface area contributed by atoms with E-state index in [2.05, 4.69) is 15.4 Å². The highest BCUT2D eigenvalue weighted by Crippen LogP contribution is 2.27. The standard InChI is InChI=1S/C24H20N6O2/c31-23(18-13-26-30-21-11-5-4-9-17(21)24(32)27-22(18)30)25-14-19-16-10-6-12-20(16)29(28-19)15-7-2-1-3-8-15/h1-5,7-9,11,13H,6,10,12,14H2,(H,25,31)(H,27,32). The zero-order chi connectivity index (χ0) is 21.7. The molecular formula is C24H20N6O2. The van der Waals surface area contributed by atoms with Gasteiger partial charge in [0.25, 0.3) is 11.5 Å². The highest BCUT2D eigenvalue weighted by atomic mass is 16.2. The Hall–Kier alpha value is -4.20. The lowest BCUT2D eigenvalue weighted by atomic mass is 10.2. The van der Waals surface area contributed by atoms with Crippen LogP contribution in [-0.2, 0) is 19.4 Å². The summed E-state index contributed by atoms with van der Waals surface area (Å²) in [4.78, 5) is 28.3. The molecule has 0 saturated heterocycles. The fraction of sp³-hybridized carbons (Fsp3) is 0.167. The second-order valence-corrected chi connectivity index (χ2v) is 7.95. The van der Waals surface area contributed by atoms with Crippen LogP contribution in [0.5, 0.6) is 0 Å². The summed E-state index contributed by atoms with van der Waals surface area (Å²) in [6, 6.07) is 17.2. The minimum atomic E-state index is -0.299. The van der Waals surface area contributed by atoms with Gasteiger partial charge in [0, 0.05) is 5.69 Å². The molecule has 0 spiro atoms. The molecule has 0 bridgehead atoms. The molecule has 5 aromatic rings. The van der Waals surface area contributed by atoms with E-state index in [0.717, 1.165) is 30.6 Å². The minimum Gasteiger partial charge on any atom is -0.346 e. The van der Waals surface area contributed by atoms with Crippen LogP contribution in [0.3, 0.4) is 0 Å². The first-order chi connectivity index (χ1) is 15.7. The molecule has 3 aromatic heterocycles. The first-order valence-electron chi connectivity index (χ1n) is 10.6. The van der Waals surface area contributed by atoms with Crippen molar-refractivity contribution in [3.05, 3.63) is 93.7 Å². The SMILES string of the molecule is O=C(NCc1nn(-c2ccccc2)c2c1CCC2)c1cnn2c1[nH]c(=O)c1ccccc12. The van der Waals surface area contributed by atoms with Gasteiger partial charge in [-0.2, -0.15) is 10.2 Å². The summed E-state index contributed by atoms with van der Waals surface area (Å²) in [5.74, 6) is -0.299. The number of rotatable bonds is 4. The Morgan fingerprint density at radius 2 is 1.88 bits per heavy atom. The molecule has 1 aliphatic carbocycles. The Labute approximate surface area is 182 Å². The van der Waals surface area contributed by atoms with Crippen molar-refractivity contribution in [3.63, 3.8) is 0 Å². The summed E-state index contributed by atoms with van der Waals surface area (Å²) in [6.45, 7) is 0.316. The van der Waals surface area contributed by atoms with Crippen LogP contribution in [0, 0.1) is 0 Å². The van der Waals surface area contributed by atoms with Crippen LogP contribution in [0.1, 0.15) is 33.7 Å². The lowest BCUT2D eigenvalue weighted by molar-refractivity contribution is 0.0951. The van der Waals surface area contributed by atoms with Gasteiger partial charge in [-0.1, -0.05) is 30.3 Å². The van der Waals surface area contributed by atoms with Crippen molar-refractivity contribution in [2.45, 2.75) is 25.8 Å². The molecule has 0 unspecified atom stereocenters. The van der Waals surface area contributed by atoms with E-state index in [1.807, 2.05) is 47.1 Å². The number of nitrogens with zero attached hydrogens (tertiary/aromatic N) is 4. The Morgan fingerprint density at radius 3 is 2.75 bits per heavy atom. The normalized spacial score (nSPS) is 13.0. The summed E-state index contributed by atoms with van der Waals surface area (Å²) in [7, 11) is 0. The number of carbonyl (C=O) groups excluding carboxylic acids is 1. The molecule has 32 heavy (non-hydrogen) atoms. The van der Waals surface area contributed by atoms with Gasteiger partial charge in [-0.25, -0.2) is 9.20 Å². The van der Waals surface area contributed by atoms with Crippen molar-refractivity contribution in [1.29, 1.82) is 0 Å². The largest absolute Gasteiger partial charge is 0.346 e. The number of H-pyrrole nitrogens is 1. The van der Waals surface area contributed by atoms with E-state index in [-0.39, 0.29) is 11.5 Å². The number of para-hydroxylation sites is 2. The Balaban J connectivity index is 1.32. The van der Waals surface area contributed by atoms with Crippen LogP contribution in [0.4, 0.5) is 0 Å². The predicted octanol–water partition coefficient (Wildman–Crippen LogP) is 2.78. The van der Waals surface area contributed by atoms with E-state index in [1.54, 1.807) is 16.6 Å². The van der Waals surface area contributed by atoms with Crippen molar-refractivity contribution < 1.29 is 4.79 Å². The molecule has 8 heteroatoms. The Morgan fingerprint density at radius 1 is 1.06 bits per heavy atom. The van der Waals surface area contributed by atoms with Gasteiger partial charge in [0.15, 0.2) is 0 Å². The number of fused-ring (bicyclic) bond motifs is 4. The second-order valence-electron chi connectivity index (χ2n) is 7.95. The number of nitrogens with one attached hydrogen (secondary N) is 2. The van der Waals surface area contributed by atoms with Crippen molar-refractivity contribution in [2.24, 2.45) is 0 Å². The number of aromatic nitrogens is 5. The molecule has 1 amide bonds. The van der Waals surface area contributed by atoms with Crippen LogP contribution >= 0.6 is 0 Å². The summed E-state index contributed by atoms with van der Waals surface area (Å²) < 4.78 is 3.58. The molecule has 0 radical (unpaired) electrons. The molecule has 3 heterocycles. The van der Waals surface area contributed by atoms with E-state index >= 15 is 0 Å². The van der Waals surface area contributed by atoms with Gasteiger partial charge < -0.3 is 10.3 Å². The van der Waals surface area contributed by atoms with Crippen molar-refractivity contribution in [2.75, 3.05) is 0 Å². The quantitative estimate of drug-likeness (QED) is 0.464. The zero-order valence-electron chi connectivity index (χ0n) is 17.2. The molecule has 2 aromatic carbocycles. The van der Waals surface area contributed by atoms with Crippen LogP contribution in [-0.4, -0.2) is 30.3 Å². The summed E-state index contributed by atoms with van der Waals surface area (Å²) in [5.41, 5.74) is 5.45. The average Bonchev–Trinajstić information content (AvgIpc) is 3.54. The maximum atomic E-state index is 13.0. The van der Waals surface area contributed by atoms with Gasteiger partial charge in [0.2, 0.25) is 0 Å². The van der Waals surface area contributed by atoms with E-state index in [9.17, 15) is 9.59 Å². The van der Waals surface area contributed by atoms with E-state index in [0.29, 0.717) is 28.7 Å². The number of benzene rings is 2. The van der Waals surface area contributed by atoms with E-state index < -0.39 is 0 Å². The minimum absolute atomic E-state index is 0.248. The zero-order valence-corrected chi connectivity index (χ0v) is 17.2. The van der Waals surface area contributed by atoms with Crippen LogP contribution in [0.15, 0.2) is 65.6 Å². The number of carbonyl (C=O) groups is 1. The molecule has 1 aliphatic rings. The molecule has 0 saturated carbocycles. The third-order valence-electron chi connectivity index (χ3n) is 6.05. The Bertz CT molecular complexity index is 1540. The fourth-order valence-corrected chi connectivity index (χ4v) is 4.54. The van der Waals surface area contributed by atoms with Crippen LogP contribution in [0.25, 0.3) is 22.2 Å². The lowest BCUT2D eigenvalue weighted by Crippen LogP contribution is -2.24. The number of hydrogen-bond acceptors (Lipinski definition) is 4.